The van der Waals surface area contributed by atoms with Gasteiger partial charge in [0.2, 0.25) is 11.9 Å². The molecule has 0 saturated carbocycles. The Balaban J connectivity index is 1.39. The van der Waals surface area contributed by atoms with Crippen LogP contribution in [0.4, 0.5) is 5.95 Å². The van der Waals surface area contributed by atoms with Gasteiger partial charge in [0, 0.05) is 30.6 Å². The zero-order chi connectivity index (χ0) is 21.8. The lowest BCUT2D eigenvalue weighted by molar-refractivity contribution is -0.126. The molecular formula is C23H28N6O2. The van der Waals surface area contributed by atoms with Crippen molar-refractivity contribution in [1.29, 1.82) is 0 Å². The molecule has 1 atom stereocenters. The maximum Gasteiger partial charge on any atom is 0.226 e. The van der Waals surface area contributed by atoms with Crippen LogP contribution in [0.1, 0.15) is 44.1 Å². The van der Waals surface area contributed by atoms with Crippen molar-refractivity contribution >= 4 is 22.8 Å². The summed E-state index contributed by atoms with van der Waals surface area (Å²) in [5.74, 6) is 1.61. The number of aryl methyl sites for hydroxylation is 1. The quantitative estimate of drug-likeness (QED) is 0.654. The van der Waals surface area contributed by atoms with E-state index in [4.69, 9.17) is 14.7 Å². The number of rotatable bonds is 6. The molecule has 1 amide bonds. The zero-order valence-electron chi connectivity index (χ0n) is 18.2. The van der Waals surface area contributed by atoms with E-state index in [9.17, 15) is 4.79 Å². The summed E-state index contributed by atoms with van der Waals surface area (Å²) in [7, 11) is 0. The zero-order valence-corrected chi connectivity index (χ0v) is 18.2. The minimum absolute atomic E-state index is 0.0177. The molecule has 0 bridgehead atoms. The number of carbonyl (C=O) groups excluding carboxylic acids is 1. The van der Waals surface area contributed by atoms with E-state index in [-0.39, 0.29) is 17.9 Å². The van der Waals surface area contributed by atoms with Crippen LogP contribution in [0.5, 0.6) is 5.75 Å². The highest BCUT2D eigenvalue weighted by atomic mass is 16.5. The summed E-state index contributed by atoms with van der Waals surface area (Å²) in [4.78, 5) is 32.5. The van der Waals surface area contributed by atoms with Crippen molar-refractivity contribution in [3.05, 3.63) is 48.2 Å². The second-order valence-electron chi connectivity index (χ2n) is 7.85. The average molecular weight is 421 g/mol. The Morgan fingerprint density at radius 3 is 2.77 bits per heavy atom. The highest BCUT2D eigenvalue weighted by Crippen LogP contribution is 2.27. The summed E-state index contributed by atoms with van der Waals surface area (Å²) in [6.07, 6.45) is 4.73. The number of benzene rings is 1. The predicted molar refractivity (Wildman–Crippen MR) is 119 cm³/mol. The molecule has 1 aliphatic rings. The number of aromatic nitrogens is 4. The SMILES string of the molecule is CCOc1ccc2nc(N3CCC(C(=O)NC(C)c4ccncn4)CC3)nc(C)c2c1. The fourth-order valence-corrected chi connectivity index (χ4v) is 3.95. The predicted octanol–water partition coefficient (Wildman–Crippen LogP) is 3.22. The van der Waals surface area contributed by atoms with E-state index in [1.807, 2.05) is 45.0 Å². The Morgan fingerprint density at radius 2 is 2.06 bits per heavy atom. The lowest BCUT2D eigenvalue weighted by Crippen LogP contribution is -2.42. The fraction of sp³-hybridized carbons (Fsp3) is 0.435. The minimum Gasteiger partial charge on any atom is -0.494 e. The van der Waals surface area contributed by atoms with Gasteiger partial charge < -0.3 is 15.0 Å². The number of fused-ring (bicyclic) bond motifs is 1. The number of piperidine rings is 1. The number of amides is 1. The monoisotopic (exact) mass is 420 g/mol. The van der Waals surface area contributed by atoms with Gasteiger partial charge in [-0.3, -0.25) is 4.79 Å². The maximum atomic E-state index is 12.7. The second-order valence-corrected chi connectivity index (χ2v) is 7.85. The molecule has 8 nitrogen and oxygen atoms in total. The van der Waals surface area contributed by atoms with E-state index in [2.05, 4.69) is 20.2 Å². The molecule has 162 valence electrons. The molecule has 8 heteroatoms. The van der Waals surface area contributed by atoms with Crippen molar-refractivity contribution in [2.24, 2.45) is 5.92 Å². The standard InChI is InChI=1S/C23H28N6O2/c1-4-31-18-5-6-21-19(13-18)15(2)27-23(28-21)29-11-8-17(9-12-29)22(30)26-16(3)20-7-10-24-14-25-20/h5-7,10,13-14,16-17H,4,8-9,11-12H2,1-3H3,(H,26,30). The number of nitrogens with one attached hydrogen (secondary N) is 1. The third-order valence-corrected chi connectivity index (χ3v) is 5.71. The smallest absolute Gasteiger partial charge is 0.226 e. The first-order valence-corrected chi connectivity index (χ1v) is 10.8. The molecule has 4 rings (SSSR count). The molecular weight excluding hydrogens is 392 g/mol. The van der Waals surface area contributed by atoms with Crippen molar-refractivity contribution in [3.63, 3.8) is 0 Å². The van der Waals surface area contributed by atoms with Crippen LogP contribution in [-0.2, 0) is 4.79 Å². The second kappa shape index (κ2) is 9.24. The normalized spacial score (nSPS) is 15.6. The van der Waals surface area contributed by atoms with Crippen LogP contribution in [0.15, 0.2) is 36.8 Å². The van der Waals surface area contributed by atoms with Crippen molar-refractivity contribution < 1.29 is 9.53 Å². The molecule has 1 fully saturated rings. The van der Waals surface area contributed by atoms with Gasteiger partial charge in [0.1, 0.15) is 12.1 Å². The maximum absolute atomic E-state index is 12.7. The first kappa shape index (κ1) is 21.0. The van der Waals surface area contributed by atoms with E-state index in [0.29, 0.717) is 6.61 Å². The third-order valence-electron chi connectivity index (χ3n) is 5.71. The summed E-state index contributed by atoms with van der Waals surface area (Å²) < 4.78 is 5.59. The Labute approximate surface area is 182 Å². The van der Waals surface area contributed by atoms with Gasteiger partial charge in [-0.15, -0.1) is 0 Å². The van der Waals surface area contributed by atoms with Crippen LogP contribution < -0.4 is 15.0 Å². The van der Waals surface area contributed by atoms with Gasteiger partial charge in [0.05, 0.1) is 29.6 Å². The summed E-state index contributed by atoms with van der Waals surface area (Å²) in [5.41, 5.74) is 2.65. The van der Waals surface area contributed by atoms with E-state index in [0.717, 1.165) is 59.9 Å². The minimum atomic E-state index is -0.137. The molecule has 1 N–H and O–H groups in total. The van der Waals surface area contributed by atoms with Gasteiger partial charge in [-0.05, 0) is 57.9 Å². The van der Waals surface area contributed by atoms with Crippen LogP contribution in [0.2, 0.25) is 0 Å². The Hall–Kier alpha value is -3.29. The van der Waals surface area contributed by atoms with E-state index in [1.54, 1.807) is 6.20 Å². The van der Waals surface area contributed by atoms with E-state index in [1.165, 1.54) is 6.33 Å². The van der Waals surface area contributed by atoms with Crippen molar-refractivity contribution in [2.75, 3.05) is 24.6 Å². The molecule has 0 aliphatic carbocycles. The number of carbonyl (C=O) groups is 1. The van der Waals surface area contributed by atoms with E-state index >= 15 is 0 Å². The highest BCUT2D eigenvalue weighted by molar-refractivity contribution is 5.83. The molecule has 1 aliphatic heterocycles. The first-order valence-electron chi connectivity index (χ1n) is 10.8. The van der Waals surface area contributed by atoms with Crippen LogP contribution in [-0.4, -0.2) is 45.5 Å². The lowest BCUT2D eigenvalue weighted by Gasteiger charge is -2.32. The van der Waals surface area contributed by atoms with Gasteiger partial charge in [-0.25, -0.2) is 19.9 Å². The summed E-state index contributed by atoms with van der Waals surface area (Å²) in [5, 5.41) is 4.08. The number of ether oxygens (including phenoxy) is 1. The Kier molecular flexibility index (Phi) is 6.25. The van der Waals surface area contributed by atoms with Gasteiger partial charge in [-0.1, -0.05) is 0 Å². The van der Waals surface area contributed by atoms with Gasteiger partial charge in [-0.2, -0.15) is 0 Å². The Morgan fingerprint density at radius 1 is 1.26 bits per heavy atom. The topological polar surface area (TPSA) is 93.1 Å². The summed E-state index contributed by atoms with van der Waals surface area (Å²) in [6, 6.07) is 7.60. The van der Waals surface area contributed by atoms with Gasteiger partial charge in [0.15, 0.2) is 0 Å². The molecule has 1 unspecified atom stereocenters. The van der Waals surface area contributed by atoms with Crippen LogP contribution in [0, 0.1) is 12.8 Å². The van der Waals surface area contributed by atoms with Crippen molar-refractivity contribution in [3.8, 4) is 5.75 Å². The number of nitrogens with zero attached hydrogens (tertiary/aromatic N) is 5. The van der Waals surface area contributed by atoms with Crippen LogP contribution in [0.3, 0.4) is 0 Å². The average Bonchev–Trinajstić information content (AvgIpc) is 2.80. The Bertz CT molecular complexity index is 1050. The van der Waals surface area contributed by atoms with Gasteiger partial charge >= 0.3 is 0 Å². The van der Waals surface area contributed by atoms with E-state index < -0.39 is 0 Å². The van der Waals surface area contributed by atoms with Crippen molar-refractivity contribution in [1.82, 2.24) is 25.3 Å². The largest absolute Gasteiger partial charge is 0.494 e. The molecule has 0 radical (unpaired) electrons. The molecule has 0 spiro atoms. The molecule has 31 heavy (non-hydrogen) atoms. The highest BCUT2D eigenvalue weighted by Gasteiger charge is 2.27. The molecule has 1 aromatic carbocycles. The molecule has 3 aromatic rings. The third kappa shape index (κ3) is 4.73. The van der Waals surface area contributed by atoms with Crippen molar-refractivity contribution in [2.45, 2.75) is 39.7 Å². The number of hydrogen-bond acceptors (Lipinski definition) is 7. The molecule has 3 heterocycles. The first-order chi connectivity index (χ1) is 15.0. The summed E-state index contributed by atoms with van der Waals surface area (Å²) in [6.45, 7) is 8.04. The number of anilines is 1. The van der Waals surface area contributed by atoms with Gasteiger partial charge in [0.25, 0.3) is 0 Å². The fourth-order valence-electron chi connectivity index (χ4n) is 3.95. The van der Waals surface area contributed by atoms with Crippen LogP contribution in [0.25, 0.3) is 10.9 Å². The lowest BCUT2D eigenvalue weighted by atomic mass is 9.95. The molecule has 2 aromatic heterocycles. The number of hydrogen-bond donors (Lipinski definition) is 1. The summed E-state index contributed by atoms with van der Waals surface area (Å²) >= 11 is 0. The molecule has 1 saturated heterocycles. The van der Waals surface area contributed by atoms with Crippen LogP contribution >= 0.6 is 0 Å².